The lowest BCUT2D eigenvalue weighted by Crippen LogP contribution is -2.66. The van der Waals surface area contributed by atoms with Crippen molar-refractivity contribution < 1.29 is 44.5 Å². The Labute approximate surface area is 207 Å². The number of carbonyl (C=O) groups is 1. The number of ether oxygens (including phenoxy) is 3. The second-order valence-electron chi connectivity index (χ2n) is 11.9. The molecule has 3 fully saturated rings. The quantitative estimate of drug-likeness (QED) is 0.268. The van der Waals surface area contributed by atoms with Crippen molar-refractivity contribution >= 4 is 5.97 Å². The van der Waals surface area contributed by atoms with Gasteiger partial charge in [0.25, 0.3) is 0 Å². The number of rotatable bonds is 6. The molecule has 2 saturated carbocycles. The molecule has 9 heteroatoms. The van der Waals surface area contributed by atoms with E-state index in [1.807, 2.05) is 0 Å². The van der Waals surface area contributed by atoms with E-state index in [9.17, 15) is 30.3 Å². The van der Waals surface area contributed by atoms with Gasteiger partial charge in [-0.1, -0.05) is 27.7 Å². The number of fused-ring (bicyclic) bond motifs is 1. The second kappa shape index (κ2) is 9.67. The smallest absolute Gasteiger partial charge is 0.334 e. The van der Waals surface area contributed by atoms with Gasteiger partial charge in [0.2, 0.25) is 0 Å². The van der Waals surface area contributed by atoms with E-state index in [4.69, 9.17) is 14.2 Å². The SMILES string of the molecule is C[C@@H]1CC[C@@H]2C(C)(C)[C@H](O[C@@H]3O[C@H](CO)[C@@H](O)[C@H](O)[C@H]3O)CC[C@]2(C)[C@]1(O)CCC1=CCOC1=O. The highest BCUT2D eigenvalue weighted by Gasteiger charge is 2.64. The van der Waals surface area contributed by atoms with E-state index in [2.05, 4.69) is 27.7 Å². The summed E-state index contributed by atoms with van der Waals surface area (Å²) in [6.45, 7) is 8.25. The lowest BCUT2D eigenvalue weighted by atomic mass is 9.43. The Kier molecular flexibility index (Phi) is 7.45. The summed E-state index contributed by atoms with van der Waals surface area (Å²) >= 11 is 0. The molecule has 2 aliphatic heterocycles. The van der Waals surface area contributed by atoms with Crippen LogP contribution in [0.1, 0.15) is 66.2 Å². The first kappa shape index (κ1) is 27.0. The van der Waals surface area contributed by atoms with Crippen molar-refractivity contribution in [2.24, 2.45) is 22.7 Å². The average Bonchev–Trinajstić information content (AvgIpc) is 3.22. The first-order valence-electron chi connectivity index (χ1n) is 12.9. The largest absolute Gasteiger partial charge is 0.458 e. The number of carbonyl (C=O) groups excluding carboxylic acids is 1. The van der Waals surface area contributed by atoms with Gasteiger partial charge in [0.15, 0.2) is 6.29 Å². The van der Waals surface area contributed by atoms with Gasteiger partial charge >= 0.3 is 5.97 Å². The Morgan fingerprint density at radius 1 is 1.09 bits per heavy atom. The molecular formula is C26H42O9. The third kappa shape index (κ3) is 4.37. The third-order valence-corrected chi connectivity index (χ3v) is 9.84. The summed E-state index contributed by atoms with van der Waals surface area (Å²) < 4.78 is 16.9. The molecule has 0 aromatic heterocycles. The maximum absolute atomic E-state index is 12.2. The highest BCUT2D eigenvalue weighted by Crippen LogP contribution is 2.64. The molecule has 35 heavy (non-hydrogen) atoms. The molecule has 0 bridgehead atoms. The van der Waals surface area contributed by atoms with Gasteiger partial charge in [-0.3, -0.25) is 0 Å². The van der Waals surface area contributed by atoms with Gasteiger partial charge in [-0.15, -0.1) is 0 Å². The van der Waals surface area contributed by atoms with Gasteiger partial charge < -0.3 is 39.7 Å². The molecule has 5 N–H and O–H groups in total. The highest BCUT2D eigenvalue weighted by atomic mass is 16.7. The van der Waals surface area contributed by atoms with Crippen LogP contribution in [0.25, 0.3) is 0 Å². The van der Waals surface area contributed by atoms with Gasteiger partial charge in [-0.2, -0.15) is 0 Å². The predicted molar refractivity (Wildman–Crippen MR) is 125 cm³/mol. The molecule has 2 heterocycles. The predicted octanol–water partition coefficient (Wildman–Crippen LogP) is 1.04. The van der Waals surface area contributed by atoms with Gasteiger partial charge in [-0.05, 0) is 61.9 Å². The molecule has 4 aliphatic rings. The third-order valence-electron chi connectivity index (χ3n) is 9.84. The van der Waals surface area contributed by atoms with Gasteiger partial charge in [-0.25, -0.2) is 4.79 Å². The zero-order valence-electron chi connectivity index (χ0n) is 21.2. The van der Waals surface area contributed by atoms with Crippen LogP contribution in [-0.4, -0.2) is 87.1 Å². The van der Waals surface area contributed by atoms with E-state index < -0.39 is 53.7 Å². The van der Waals surface area contributed by atoms with Crippen LogP contribution in [-0.2, 0) is 19.0 Å². The number of hydrogen-bond donors (Lipinski definition) is 5. The van der Waals surface area contributed by atoms with Gasteiger partial charge in [0, 0.05) is 11.0 Å². The lowest BCUT2D eigenvalue weighted by Gasteiger charge is -2.64. The van der Waals surface area contributed by atoms with Crippen LogP contribution < -0.4 is 0 Å². The first-order chi connectivity index (χ1) is 16.4. The van der Waals surface area contributed by atoms with Crippen molar-refractivity contribution in [1.29, 1.82) is 0 Å². The van der Waals surface area contributed by atoms with Crippen molar-refractivity contribution in [2.45, 2.75) is 109 Å². The Morgan fingerprint density at radius 3 is 2.43 bits per heavy atom. The summed E-state index contributed by atoms with van der Waals surface area (Å²) in [6, 6.07) is 0. The van der Waals surface area contributed by atoms with Crippen LogP contribution in [0, 0.1) is 22.7 Å². The Bertz CT molecular complexity index is 826. The number of aliphatic hydroxyl groups is 5. The van der Waals surface area contributed by atoms with E-state index in [0.717, 1.165) is 12.8 Å². The van der Waals surface area contributed by atoms with Crippen LogP contribution >= 0.6 is 0 Å². The van der Waals surface area contributed by atoms with Gasteiger partial charge in [0.05, 0.1) is 18.3 Å². The van der Waals surface area contributed by atoms with Crippen LogP contribution in [0.15, 0.2) is 11.6 Å². The van der Waals surface area contributed by atoms with E-state index >= 15 is 0 Å². The Hall–Kier alpha value is -1.07. The summed E-state index contributed by atoms with van der Waals surface area (Å²) in [6.07, 6.45) is -1.08. The fourth-order valence-electron chi connectivity index (χ4n) is 7.49. The molecule has 0 unspecified atom stereocenters. The Balaban J connectivity index is 1.53. The van der Waals surface area contributed by atoms with Crippen molar-refractivity contribution in [3.05, 3.63) is 11.6 Å². The highest BCUT2D eigenvalue weighted by molar-refractivity contribution is 5.90. The zero-order chi connectivity index (χ0) is 25.8. The molecule has 200 valence electrons. The molecule has 10 atom stereocenters. The van der Waals surface area contributed by atoms with Crippen molar-refractivity contribution in [3.63, 3.8) is 0 Å². The summed E-state index contributed by atoms with van der Waals surface area (Å²) in [5.74, 6) is -0.124. The normalized spacial score (nSPS) is 47.7. The molecule has 4 rings (SSSR count). The van der Waals surface area contributed by atoms with E-state index in [1.54, 1.807) is 6.08 Å². The number of aliphatic hydroxyl groups excluding tert-OH is 4. The van der Waals surface area contributed by atoms with Crippen molar-refractivity contribution in [2.75, 3.05) is 13.2 Å². The molecule has 1 saturated heterocycles. The fourth-order valence-corrected chi connectivity index (χ4v) is 7.49. The summed E-state index contributed by atoms with van der Waals surface area (Å²) in [7, 11) is 0. The molecule has 0 amide bonds. The van der Waals surface area contributed by atoms with Crippen LogP contribution in [0.5, 0.6) is 0 Å². The summed E-state index contributed by atoms with van der Waals surface area (Å²) in [4.78, 5) is 12.0. The molecule has 0 spiro atoms. The monoisotopic (exact) mass is 498 g/mol. The standard InChI is InChI=1S/C26H42O9/c1-14-5-6-17-24(2,3)18(35-23-21(30)20(29)19(28)16(13-27)34-23)8-10-25(17,4)26(14,32)11-7-15-9-12-33-22(15)31/h9,14,16-21,23,27-30,32H,5-8,10-13H2,1-4H3/t14-,16-,17-,18-,19-,20+,21-,23+,25+,26+/m1/s1. The van der Waals surface area contributed by atoms with Crippen LogP contribution in [0.4, 0.5) is 0 Å². The molecular weight excluding hydrogens is 456 g/mol. The minimum atomic E-state index is -1.49. The van der Waals surface area contributed by atoms with Crippen molar-refractivity contribution in [1.82, 2.24) is 0 Å². The molecule has 0 aromatic rings. The Morgan fingerprint density at radius 2 is 1.80 bits per heavy atom. The maximum Gasteiger partial charge on any atom is 0.334 e. The van der Waals surface area contributed by atoms with E-state index in [0.29, 0.717) is 37.9 Å². The lowest BCUT2D eigenvalue weighted by molar-refractivity contribution is -0.332. The number of esters is 1. The second-order valence-corrected chi connectivity index (χ2v) is 11.9. The first-order valence-corrected chi connectivity index (χ1v) is 12.9. The molecule has 0 aromatic carbocycles. The maximum atomic E-state index is 12.2. The topological polar surface area (TPSA) is 146 Å². The summed E-state index contributed by atoms with van der Waals surface area (Å²) in [5.41, 5.74) is -1.14. The number of hydrogen-bond acceptors (Lipinski definition) is 9. The molecule has 9 nitrogen and oxygen atoms in total. The average molecular weight is 499 g/mol. The molecule has 2 aliphatic carbocycles. The van der Waals surface area contributed by atoms with Gasteiger partial charge in [0.1, 0.15) is 31.0 Å². The van der Waals surface area contributed by atoms with Crippen LogP contribution in [0.3, 0.4) is 0 Å². The zero-order valence-corrected chi connectivity index (χ0v) is 21.2. The minimum absolute atomic E-state index is 0.0699. The minimum Gasteiger partial charge on any atom is -0.458 e. The van der Waals surface area contributed by atoms with E-state index in [1.165, 1.54) is 0 Å². The van der Waals surface area contributed by atoms with Crippen LogP contribution in [0.2, 0.25) is 0 Å². The fraction of sp³-hybridized carbons (Fsp3) is 0.885. The molecule has 0 radical (unpaired) electrons. The summed E-state index contributed by atoms with van der Waals surface area (Å²) in [5, 5.41) is 52.5. The van der Waals surface area contributed by atoms with Crippen molar-refractivity contribution in [3.8, 4) is 0 Å². The number of cyclic esters (lactones) is 1. The van der Waals surface area contributed by atoms with E-state index in [-0.39, 0.29) is 23.9 Å².